The van der Waals surface area contributed by atoms with Crippen LogP contribution < -0.4 is 153 Å². The molecule has 0 saturated carbocycles. The summed E-state index contributed by atoms with van der Waals surface area (Å²) in [5.74, 6) is -16.7. The number of carbonyl (C=O) groups excluding carboxylic acids is 16. The molecule has 0 aliphatic rings. The predicted molar refractivity (Wildman–Crippen MR) is 523 cm³/mol. The van der Waals surface area contributed by atoms with E-state index in [2.05, 4.69) is 95.7 Å². The summed E-state index contributed by atoms with van der Waals surface area (Å²) in [4.78, 5) is 240. The van der Waals surface area contributed by atoms with E-state index in [-0.39, 0.29) is 222 Å². The van der Waals surface area contributed by atoms with Crippen LogP contribution in [0.4, 0.5) is 0 Å². The average Bonchev–Trinajstić information content (AvgIpc) is 0.853. The van der Waals surface area contributed by atoms with Crippen molar-refractivity contribution in [2.75, 3.05) is 70.9 Å². The van der Waals surface area contributed by atoms with E-state index in [1.807, 2.05) is 13.8 Å². The molecule has 15 atom stereocenters. The van der Waals surface area contributed by atoms with Crippen LogP contribution in [0.2, 0.25) is 0 Å². The zero-order chi connectivity index (χ0) is 104. The smallest absolute Gasteiger partial charge is 0.326 e. The zero-order valence-electron chi connectivity index (χ0n) is 81.9. The lowest BCUT2D eigenvalue weighted by Crippen LogP contribution is -2.61. The number of nitrogens with two attached hydrogens (primary N) is 10. The largest absolute Gasteiger partial charge is 0.480 e. The van der Waals surface area contributed by atoms with Gasteiger partial charge in [-0.1, -0.05) is 55.4 Å². The number of thioether (sulfide) groups is 1. The van der Waals surface area contributed by atoms with Gasteiger partial charge in [0.05, 0.1) is 12.6 Å². The third kappa shape index (κ3) is 57.7. The second kappa shape index (κ2) is 72.3. The topological polar surface area (TPSA) is 859 Å². The first-order valence-electron chi connectivity index (χ1n) is 47.7. The summed E-state index contributed by atoms with van der Waals surface area (Å²) >= 11 is 1.31. The van der Waals surface area contributed by atoms with Crippen molar-refractivity contribution < 1.29 is 86.6 Å². The molecule has 42 N–H and O–H groups in total. The Labute approximate surface area is 809 Å². The number of hydrogen-bond donors (Lipinski definition) is 32. The van der Waals surface area contributed by atoms with Crippen molar-refractivity contribution in [3.63, 3.8) is 0 Å². The van der Waals surface area contributed by atoms with Gasteiger partial charge in [0, 0.05) is 26.1 Å². The number of nitrogens with one attached hydrogen (secondary N) is 21. The molecule has 784 valence electrons. The zero-order valence-corrected chi connectivity index (χ0v) is 82.7. The highest BCUT2D eigenvalue weighted by atomic mass is 32.2. The van der Waals surface area contributed by atoms with Gasteiger partial charge in [0.15, 0.2) is 17.9 Å². The van der Waals surface area contributed by atoms with Crippen molar-refractivity contribution in [3.8, 4) is 0 Å². The number of rotatable bonds is 77. The van der Waals surface area contributed by atoms with Gasteiger partial charge < -0.3 is 158 Å². The summed E-state index contributed by atoms with van der Waals surface area (Å²) < 4.78 is 0. The molecule has 50 heteroatoms. The van der Waals surface area contributed by atoms with Crippen LogP contribution in [0.5, 0.6) is 0 Å². The number of carboxylic acid groups (broad SMARTS) is 1. The maximum absolute atomic E-state index is 15.0. The minimum absolute atomic E-state index is 0.00889. The lowest BCUT2D eigenvalue weighted by molar-refractivity contribution is -0.143. The first kappa shape index (κ1) is 126. The van der Waals surface area contributed by atoms with Crippen molar-refractivity contribution in [1.29, 1.82) is 16.2 Å². The van der Waals surface area contributed by atoms with Crippen molar-refractivity contribution >= 4 is 130 Å². The molecule has 16 amide bonds. The van der Waals surface area contributed by atoms with Gasteiger partial charge in [-0.15, -0.1) is 0 Å². The summed E-state index contributed by atoms with van der Waals surface area (Å²) in [7, 11) is 0. The molecule has 137 heavy (non-hydrogen) atoms. The monoisotopic (exact) mass is 1970 g/mol. The molecule has 0 radical (unpaired) electrons. The second-order valence-corrected chi connectivity index (χ2v) is 36.9. The molecule has 0 spiro atoms. The van der Waals surface area contributed by atoms with Crippen LogP contribution in [0.1, 0.15) is 242 Å². The lowest BCUT2D eigenvalue weighted by Gasteiger charge is -2.29. The number of unbranched alkanes of at least 4 members (excludes halogenated alkanes) is 5. The number of amides is 16. The van der Waals surface area contributed by atoms with Gasteiger partial charge in [-0.25, -0.2) is 4.79 Å². The van der Waals surface area contributed by atoms with Crippen LogP contribution in [-0.2, 0) is 81.5 Å². The van der Waals surface area contributed by atoms with Crippen LogP contribution >= 0.6 is 11.8 Å². The van der Waals surface area contributed by atoms with Crippen LogP contribution in [0.15, 0.2) is 0 Å². The van der Waals surface area contributed by atoms with E-state index in [9.17, 15) is 86.6 Å². The highest BCUT2D eigenvalue weighted by Gasteiger charge is 2.39. The molecule has 49 nitrogen and oxygen atoms in total. The molecule has 0 aliphatic heterocycles. The van der Waals surface area contributed by atoms with E-state index in [0.29, 0.717) is 38.5 Å². The maximum Gasteiger partial charge on any atom is 0.326 e. The van der Waals surface area contributed by atoms with Crippen LogP contribution in [-0.4, -0.2) is 285 Å². The predicted octanol–water partition coefficient (Wildman–Crippen LogP) is -6.04. The van der Waals surface area contributed by atoms with Crippen LogP contribution in [0.3, 0.4) is 0 Å². The van der Waals surface area contributed by atoms with Crippen molar-refractivity contribution in [1.82, 2.24) is 95.7 Å². The number of hydrogen-bond acceptors (Lipinski definition) is 27. The Morgan fingerprint density at radius 3 is 0.715 bits per heavy atom. The number of carboxylic acids is 1. The van der Waals surface area contributed by atoms with Crippen LogP contribution in [0.25, 0.3) is 0 Å². The van der Waals surface area contributed by atoms with E-state index < -0.39 is 216 Å². The fourth-order valence-corrected chi connectivity index (χ4v) is 14.6. The van der Waals surface area contributed by atoms with Gasteiger partial charge in [-0.05, 0) is 249 Å². The summed E-state index contributed by atoms with van der Waals surface area (Å²) in [5.41, 5.74) is 57.4. The van der Waals surface area contributed by atoms with E-state index >= 15 is 0 Å². The summed E-state index contributed by atoms with van der Waals surface area (Å²) in [6.45, 7) is 16.0. The van der Waals surface area contributed by atoms with Gasteiger partial charge in [0.1, 0.15) is 84.6 Å². The Bertz CT molecular complexity index is 3780. The molecule has 0 unspecified atom stereocenters. The average molecular weight is 1970 g/mol. The highest BCUT2D eigenvalue weighted by Crippen LogP contribution is 2.18. The molecular weight excluding hydrogens is 1800 g/mol. The number of primary amides is 1. The van der Waals surface area contributed by atoms with E-state index in [1.165, 1.54) is 18.7 Å². The van der Waals surface area contributed by atoms with Crippen molar-refractivity contribution in [2.24, 2.45) is 81.0 Å². The molecule has 0 aromatic rings. The highest BCUT2D eigenvalue weighted by molar-refractivity contribution is 7.98. The number of carbonyl (C=O) groups is 17. The molecule has 0 heterocycles. The fourth-order valence-electron chi connectivity index (χ4n) is 14.2. The fraction of sp³-hybridized carbons (Fsp3) is 0.770. The summed E-state index contributed by atoms with van der Waals surface area (Å²) in [5, 5.41) is 80.9. The SMILES string of the molecule is CSCC[C@H](NC(=O)[C@H](CCCCN)NC(=O)[C@H](CCCCN)NC(=O)[C@H](CCCNC(=N)N)NC(=O)[C@H](CC(C)C)NC(=O)CNC(=O)[C@H](CCCCN)NC(=O)[C@H](CC(C)C)NC(=O)[C@H](C)N)C(=O)N[C@@H](CCCCN)C(=O)N[C@@H](CCCNC(=N)N)C(=O)N[C@@H](CC(C)C)C(=O)N[C@@H](CCCCN)C(=O)N[C@@H](CCC(N)=O)C(=O)N[C@@H](CCCNC(=N)N)C(=O)N[C@@H](CC(C)C)C(=O)O. The van der Waals surface area contributed by atoms with Crippen molar-refractivity contribution in [3.05, 3.63) is 0 Å². The van der Waals surface area contributed by atoms with Gasteiger partial charge in [-0.3, -0.25) is 92.9 Å². The molecule has 0 aromatic heterocycles. The standard InChI is InChI=1S/C87H167N31O18S/c1-49(2)44-64(105-69(120)48-104-71(122)54(24-11-16-35-88)106-82(133)65(45-50(3)4)116-70(121)53(9)93)81(132)113-59(29-21-40-101-85(95)96)76(127)108-55(25-12-17-36-89)72(123)107-57(27-14-19-38-91)75(126)115-63(34-43-137-10)80(131)109-56(26-13-18-37-90)73(124)110-60(30-22-41-102-86(97)98)77(128)117-66(46-51(5)6)83(134)112-58(28-15-20-39-92)74(125)114-62(32-33-68(94)119)79(130)111-61(31-23-42-103-87(99)100)78(129)118-67(84(135)136)47-52(7)8/h49-67H,11-48,88-93H2,1-10H3,(H2,94,119)(H,104,122)(H,105,120)(H,106,133)(H,107,123)(H,108,127)(H,109,131)(H,110,124)(H,111,130)(H,112,134)(H,113,132)(H,114,125)(H,115,126)(H,116,121)(H,117,128)(H,118,129)(H,135,136)(H4,95,96,101)(H4,97,98,102)(H4,99,100,103)/t53-,54-,55-,56-,57-,58-,59-,60-,61-,62-,63-,64-,65-,66-,67-/m0/s1. The summed E-state index contributed by atoms with van der Waals surface area (Å²) in [6, 6.07) is -20.5. The molecule has 0 rings (SSSR count). The molecular formula is C87H167N31O18S. The molecule has 0 saturated heterocycles. The van der Waals surface area contributed by atoms with Gasteiger partial charge >= 0.3 is 5.97 Å². The lowest BCUT2D eigenvalue weighted by atomic mass is 10.00. The first-order chi connectivity index (χ1) is 64.7. The molecule has 0 aliphatic carbocycles. The molecule has 0 fully saturated rings. The van der Waals surface area contributed by atoms with Crippen molar-refractivity contribution in [2.45, 2.75) is 333 Å². The quantitative estimate of drug-likeness (QED) is 0.0153. The minimum atomic E-state index is -1.61. The molecule has 0 bridgehead atoms. The Balaban J connectivity index is 7.67. The Morgan fingerprint density at radius 1 is 0.270 bits per heavy atom. The second-order valence-electron chi connectivity index (χ2n) is 35.9. The summed E-state index contributed by atoms with van der Waals surface area (Å²) in [6.07, 6.45) is 3.93. The Morgan fingerprint density at radius 2 is 0.482 bits per heavy atom. The van der Waals surface area contributed by atoms with Gasteiger partial charge in [0.2, 0.25) is 94.5 Å². The Hall–Kier alpha value is -11.1. The maximum atomic E-state index is 15.0. The third-order valence-corrected chi connectivity index (χ3v) is 22.2. The minimum Gasteiger partial charge on any atom is -0.480 e. The van der Waals surface area contributed by atoms with Gasteiger partial charge in [-0.2, -0.15) is 11.8 Å². The molecule has 0 aromatic carbocycles. The normalized spacial score (nSPS) is 14.5. The Kier molecular flexibility index (Phi) is 66.4. The number of aliphatic carboxylic acids is 1. The van der Waals surface area contributed by atoms with E-state index in [1.54, 1.807) is 47.8 Å². The first-order valence-corrected chi connectivity index (χ1v) is 49.1. The van der Waals surface area contributed by atoms with E-state index in [0.717, 1.165) is 0 Å². The van der Waals surface area contributed by atoms with Crippen LogP contribution in [0, 0.1) is 39.9 Å². The number of guanidine groups is 3. The van der Waals surface area contributed by atoms with Gasteiger partial charge in [0.25, 0.3) is 0 Å². The third-order valence-electron chi connectivity index (χ3n) is 21.5. The van der Waals surface area contributed by atoms with E-state index in [4.69, 9.17) is 73.6 Å².